The average Bonchev–Trinajstić information content (AvgIpc) is 2.98. The smallest absolute Gasteiger partial charge is 0.315 e. The molecule has 0 saturated heterocycles. The molecule has 4 heteroatoms. The molecule has 0 spiro atoms. The maximum Gasteiger partial charge on any atom is 0.315 e. The van der Waals surface area contributed by atoms with Crippen LogP contribution in [0.4, 0.5) is 4.79 Å². The average molecular weight is 200 g/mol. The Labute approximate surface area is 85.1 Å². The number of rotatable bonds is 5. The van der Waals surface area contributed by atoms with E-state index in [1.165, 1.54) is 0 Å². The Morgan fingerprint density at radius 2 is 2.00 bits per heavy atom. The largest absolute Gasteiger partial charge is 0.388 e. The summed E-state index contributed by atoms with van der Waals surface area (Å²) >= 11 is 0. The molecule has 0 unspecified atom stereocenters. The van der Waals surface area contributed by atoms with Crippen LogP contribution < -0.4 is 10.6 Å². The summed E-state index contributed by atoms with van der Waals surface area (Å²) in [4.78, 5) is 11.2. The summed E-state index contributed by atoms with van der Waals surface area (Å²) < 4.78 is 0. The molecule has 0 atom stereocenters. The Hall–Kier alpha value is -0.770. The maximum absolute atomic E-state index is 11.2. The molecule has 0 heterocycles. The van der Waals surface area contributed by atoms with Gasteiger partial charge in [0, 0.05) is 12.6 Å². The first-order valence-corrected chi connectivity index (χ1v) is 5.36. The van der Waals surface area contributed by atoms with Crippen LogP contribution in [0.2, 0.25) is 0 Å². The van der Waals surface area contributed by atoms with Gasteiger partial charge in [0.15, 0.2) is 0 Å². The van der Waals surface area contributed by atoms with E-state index >= 15 is 0 Å². The molecule has 0 bridgehead atoms. The quantitative estimate of drug-likeness (QED) is 0.620. The van der Waals surface area contributed by atoms with Gasteiger partial charge in [-0.25, -0.2) is 4.79 Å². The number of carbonyl (C=O) groups is 1. The van der Waals surface area contributed by atoms with Crippen LogP contribution in [0.1, 0.15) is 39.5 Å². The van der Waals surface area contributed by atoms with Crippen molar-refractivity contribution in [2.45, 2.75) is 51.2 Å². The van der Waals surface area contributed by atoms with Crippen molar-refractivity contribution in [2.24, 2.45) is 0 Å². The fraction of sp³-hybridized carbons (Fsp3) is 0.900. The highest BCUT2D eigenvalue weighted by Gasteiger charge is 2.26. The fourth-order valence-corrected chi connectivity index (χ4v) is 1.21. The standard InChI is InChI=1S/C10H20N2O2/c1-3-10(14,4-2)7-11-9(13)12-8-5-6-8/h8,14H,3-7H2,1-2H3,(H2,11,12,13). The monoisotopic (exact) mass is 200 g/mol. The number of nitrogens with one attached hydrogen (secondary N) is 2. The molecule has 2 amide bonds. The summed E-state index contributed by atoms with van der Waals surface area (Å²) in [5.41, 5.74) is -0.749. The highest BCUT2D eigenvalue weighted by molar-refractivity contribution is 5.74. The zero-order valence-corrected chi connectivity index (χ0v) is 8.97. The molecule has 0 aromatic heterocycles. The summed E-state index contributed by atoms with van der Waals surface area (Å²) in [5.74, 6) is 0. The van der Waals surface area contributed by atoms with E-state index in [-0.39, 0.29) is 6.03 Å². The lowest BCUT2D eigenvalue weighted by atomic mass is 9.98. The minimum Gasteiger partial charge on any atom is -0.388 e. The molecule has 0 aromatic rings. The zero-order chi connectivity index (χ0) is 10.6. The highest BCUT2D eigenvalue weighted by Crippen LogP contribution is 2.18. The first kappa shape index (κ1) is 11.3. The lowest BCUT2D eigenvalue weighted by molar-refractivity contribution is 0.0349. The number of aliphatic hydroxyl groups is 1. The Bertz CT molecular complexity index is 198. The topological polar surface area (TPSA) is 61.4 Å². The van der Waals surface area contributed by atoms with Gasteiger partial charge in [0.1, 0.15) is 0 Å². The van der Waals surface area contributed by atoms with Gasteiger partial charge < -0.3 is 15.7 Å². The minimum atomic E-state index is -0.749. The summed E-state index contributed by atoms with van der Waals surface area (Å²) in [6.07, 6.45) is 3.49. The van der Waals surface area contributed by atoms with E-state index in [1.54, 1.807) is 0 Å². The Morgan fingerprint density at radius 3 is 2.43 bits per heavy atom. The van der Waals surface area contributed by atoms with E-state index in [0.717, 1.165) is 12.8 Å². The molecule has 82 valence electrons. The maximum atomic E-state index is 11.2. The molecule has 1 fully saturated rings. The van der Waals surface area contributed by atoms with E-state index in [0.29, 0.717) is 25.4 Å². The van der Waals surface area contributed by atoms with Crippen LogP contribution in [0, 0.1) is 0 Å². The van der Waals surface area contributed by atoms with Gasteiger partial charge in [-0.2, -0.15) is 0 Å². The van der Waals surface area contributed by atoms with Crippen molar-refractivity contribution in [2.75, 3.05) is 6.54 Å². The fourth-order valence-electron chi connectivity index (χ4n) is 1.21. The van der Waals surface area contributed by atoms with Crippen molar-refractivity contribution in [3.8, 4) is 0 Å². The summed E-state index contributed by atoms with van der Waals surface area (Å²) in [6.45, 7) is 4.17. The van der Waals surface area contributed by atoms with Crippen LogP contribution in [0.3, 0.4) is 0 Å². The third-order valence-corrected chi connectivity index (χ3v) is 2.81. The lowest BCUT2D eigenvalue weighted by Crippen LogP contribution is -2.46. The van der Waals surface area contributed by atoms with Gasteiger partial charge in [-0.3, -0.25) is 0 Å². The molecule has 14 heavy (non-hydrogen) atoms. The van der Waals surface area contributed by atoms with Gasteiger partial charge in [0.2, 0.25) is 0 Å². The van der Waals surface area contributed by atoms with Gasteiger partial charge >= 0.3 is 6.03 Å². The Kier molecular flexibility index (Phi) is 3.75. The second-order valence-electron chi connectivity index (χ2n) is 4.03. The predicted octanol–water partition coefficient (Wildman–Crippen LogP) is 0.999. The zero-order valence-electron chi connectivity index (χ0n) is 8.97. The molecule has 1 rings (SSSR count). The van der Waals surface area contributed by atoms with Crippen molar-refractivity contribution in [3.05, 3.63) is 0 Å². The molecule has 0 aromatic carbocycles. The number of hydrogen-bond acceptors (Lipinski definition) is 2. The van der Waals surface area contributed by atoms with Gasteiger partial charge in [0.25, 0.3) is 0 Å². The molecule has 3 N–H and O–H groups in total. The third-order valence-electron chi connectivity index (χ3n) is 2.81. The normalized spacial score (nSPS) is 16.5. The molecule has 1 aliphatic rings. The summed E-state index contributed by atoms with van der Waals surface area (Å²) in [6, 6.07) is 0.208. The van der Waals surface area contributed by atoms with Gasteiger partial charge in [0.05, 0.1) is 5.60 Å². The second-order valence-corrected chi connectivity index (χ2v) is 4.03. The number of amides is 2. The number of urea groups is 1. The van der Waals surface area contributed by atoms with Crippen molar-refractivity contribution >= 4 is 6.03 Å². The summed E-state index contributed by atoms with van der Waals surface area (Å²) in [5, 5.41) is 15.4. The minimum absolute atomic E-state index is 0.159. The van der Waals surface area contributed by atoms with Crippen molar-refractivity contribution in [1.82, 2.24) is 10.6 Å². The van der Waals surface area contributed by atoms with E-state index in [2.05, 4.69) is 10.6 Å². The number of carbonyl (C=O) groups excluding carboxylic acids is 1. The van der Waals surface area contributed by atoms with Crippen LogP contribution in [-0.4, -0.2) is 29.3 Å². The van der Waals surface area contributed by atoms with Crippen LogP contribution in [0.15, 0.2) is 0 Å². The van der Waals surface area contributed by atoms with Crippen molar-refractivity contribution in [3.63, 3.8) is 0 Å². The summed E-state index contributed by atoms with van der Waals surface area (Å²) in [7, 11) is 0. The van der Waals surface area contributed by atoms with E-state index in [9.17, 15) is 9.90 Å². The van der Waals surface area contributed by atoms with Gasteiger partial charge in [-0.05, 0) is 25.7 Å². The van der Waals surface area contributed by atoms with Crippen molar-refractivity contribution in [1.29, 1.82) is 0 Å². The van der Waals surface area contributed by atoms with E-state index in [1.807, 2.05) is 13.8 Å². The van der Waals surface area contributed by atoms with Crippen LogP contribution in [0.25, 0.3) is 0 Å². The van der Waals surface area contributed by atoms with Crippen LogP contribution in [0.5, 0.6) is 0 Å². The highest BCUT2D eigenvalue weighted by atomic mass is 16.3. The molecular formula is C10H20N2O2. The molecule has 0 aliphatic heterocycles. The Balaban J connectivity index is 2.19. The molecule has 4 nitrogen and oxygen atoms in total. The molecule has 1 saturated carbocycles. The number of hydrogen-bond donors (Lipinski definition) is 3. The lowest BCUT2D eigenvalue weighted by Gasteiger charge is -2.25. The SMILES string of the molecule is CCC(O)(CC)CNC(=O)NC1CC1. The molecular weight excluding hydrogens is 180 g/mol. The van der Waals surface area contributed by atoms with Crippen molar-refractivity contribution < 1.29 is 9.90 Å². The molecule has 0 radical (unpaired) electrons. The predicted molar refractivity (Wildman–Crippen MR) is 55.1 cm³/mol. The Morgan fingerprint density at radius 1 is 1.43 bits per heavy atom. The van der Waals surface area contributed by atoms with Gasteiger partial charge in [-0.1, -0.05) is 13.8 Å². The first-order valence-electron chi connectivity index (χ1n) is 5.36. The van der Waals surface area contributed by atoms with Crippen LogP contribution in [-0.2, 0) is 0 Å². The van der Waals surface area contributed by atoms with E-state index in [4.69, 9.17) is 0 Å². The second kappa shape index (κ2) is 4.64. The van der Waals surface area contributed by atoms with E-state index < -0.39 is 5.60 Å². The molecule has 1 aliphatic carbocycles. The van der Waals surface area contributed by atoms with Crippen LogP contribution >= 0.6 is 0 Å². The third kappa shape index (κ3) is 3.54. The first-order chi connectivity index (χ1) is 6.59. The van der Waals surface area contributed by atoms with Gasteiger partial charge in [-0.15, -0.1) is 0 Å².